The largest absolute Gasteiger partial charge is 0.480 e. The lowest BCUT2D eigenvalue weighted by Gasteiger charge is -2.23. The Hall–Kier alpha value is -1.81. The number of nitrogens with one attached hydrogen (secondary N) is 1. The van der Waals surface area contributed by atoms with Crippen LogP contribution in [0.2, 0.25) is 0 Å². The molecule has 0 aromatic heterocycles. The van der Waals surface area contributed by atoms with Crippen molar-refractivity contribution in [2.24, 2.45) is 0 Å². The summed E-state index contributed by atoms with van der Waals surface area (Å²) in [6.07, 6.45) is 0.498. The van der Waals surface area contributed by atoms with Crippen LogP contribution in [0.5, 0.6) is 0 Å². The Morgan fingerprint density at radius 3 is 2.61 bits per heavy atom. The van der Waals surface area contributed by atoms with Gasteiger partial charge in [0.2, 0.25) is 0 Å². The molecule has 0 heterocycles. The van der Waals surface area contributed by atoms with Crippen LogP contribution in [0.4, 0.5) is 4.79 Å². The van der Waals surface area contributed by atoms with Crippen LogP contribution >= 0.6 is 0 Å². The normalized spacial score (nSPS) is 11.4. The number of ether oxygens (including phenoxy) is 1. The van der Waals surface area contributed by atoms with Gasteiger partial charge in [0, 0.05) is 20.2 Å². The van der Waals surface area contributed by atoms with Crippen molar-refractivity contribution in [2.75, 3.05) is 26.8 Å². The minimum Gasteiger partial charge on any atom is -0.480 e. The van der Waals surface area contributed by atoms with E-state index in [0.29, 0.717) is 19.6 Å². The fraction of sp³-hybridized carbons (Fsp3) is 0.727. The first-order valence-electron chi connectivity index (χ1n) is 5.70. The molecule has 0 bridgehead atoms. The Kier molecular flexibility index (Phi) is 8.31. The topological polar surface area (TPSA) is 103 Å². The molecule has 2 N–H and O–H groups in total. The zero-order valence-corrected chi connectivity index (χ0v) is 10.7. The van der Waals surface area contributed by atoms with Crippen molar-refractivity contribution >= 4 is 12.0 Å². The molecule has 0 unspecified atom stereocenters. The van der Waals surface area contributed by atoms with Gasteiger partial charge in [-0.1, -0.05) is 6.92 Å². The van der Waals surface area contributed by atoms with E-state index in [2.05, 4.69) is 5.32 Å². The van der Waals surface area contributed by atoms with Crippen LogP contribution in [-0.2, 0) is 9.53 Å². The van der Waals surface area contributed by atoms with Crippen molar-refractivity contribution < 1.29 is 19.4 Å². The SMILES string of the molecule is CC[C@@H](NC(=O)N(CCC#N)CCOC)C(=O)O. The Bertz CT molecular complexity index is 314. The highest BCUT2D eigenvalue weighted by molar-refractivity contribution is 5.82. The van der Waals surface area contributed by atoms with E-state index in [1.807, 2.05) is 6.07 Å². The van der Waals surface area contributed by atoms with E-state index in [-0.39, 0.29) is 13.0 Å². The number of carbonyl (C=O) groups is 2. The molecule has 1 atom stereocenters. The molecular formula is C11H19N3O4. The maximum atomic E-state index is 11.8. The molecule has 0 aromatic rings. The summed E-state index contributed by atoms with van der Waals surface area (Å²) in [6.45, 7) is 2.58. The number of carbonyl (C=O) groups excluding carboxylic acids is 1. The molecule has 0 saturated carbocycles. The minimum absolute atomic E-state index is 0.195. The minimum atomic E-state index is -1.07. The summed E-state index contributed by atoms with van der Waals surface area (Å²) in [6, 6.07) is 0.539. The average molecular weight is 257 g/mol. The number of nitriles is 1. The van der Waals surface area contributed by atoms with Gasteiger partial charge >= 0.3 is 12.0 Å². The monoisotopic (exact) mass is 257 g/mol. The smallest absolute Gasteiger partial charge is 0.326 e. The van der Waals surface area contributed by atoms with Crippen LogP contribution in [0.25, 0.3) is 0 Å². The standard InChI is InChI=1S/C11H19N3O4/c1-3-9(10(15)16)13-11(17)14(6-4-5-12)7-8-18-2/h9H,3-4,6-8H2,1-2H3,(H,13,17)(H,15,16)/t9-/m1/s1. The van der Waals surface area contributed by atoms with Crippen LogP contribution in [0.3, 0.4) is 0 Å². The number of nitrogens with zero attached hydrogens (tertiary/aromatic N) is 2. The second-order valence-electron chi connectivity index (χ2n) is 3.64. The molecule has 18 heavy (non-hydrogen) atoms. The van der Waals surface area contributed by atoms with Crippen molar-refractivity contribution in [3.63, 3.8) is 0 Å². The molecule has 0 rings (SSSR count). The Morgan fingerprint density at radius 2 is 2.17 bits per heavy atom. The number of hydrogen-bond acceptors (Lipinski definition) is 4. The summed E-state index contributed by atoms with van der Waals surface area (Å²) in [7, 11) is 1.51. The van der Waals surface area contributed by atoms with Gasteiger partial charge < -0.3 is 20.1 Å². The Morgan fingerprint density at radius 1 is 1.50 bits per heavy atom. The molecule has 102 valence electrons. The molecule has 7 nitrogen and oxygen atoms in total. The lowest BCUT2D eigenvalue weighted by Crippen LogP contribution is -2.48. The number of carboxylic acids is 1. The number of methoxy groups -OCH3 is 1. The zero-order chi connectivity index (χ0) is 14.0. The number of amides is 2. The lowest BCUT2D eigenvalue weighted by molar-refractivity contribution is -0.139. The van der Waals surface area contributed by atoms with Crippen molar-refractivity contribution in [1.29, 1.82) is 5.26 Å². The van der Waals surface area contributed by atoms with E-state index in [9.17, 15) is 9.59 Å². The first-order chi connectivity index (χ1) is 8.56. The maximum Gasteiger partial charge on any atom is 0.326 e. The molecule has 0 saturated heterocycles. The average Bonchev–Trinajstić information content (AvgIpc) is 2.35. The van der Waals surface area contributed by atoms with Crippen molar-refractivity contribution in [2.45, 2.75) is 25.8 Å². The van der Waals surface area contributed by atoms with Crippen LogP contribution in [0, 0.1) is 11.3 Å². The Balaban J connectivity index is 4.43. The quantitative estimate of drug-likeness (QED) is 0.656. The van der Waals surface area contributed by atoms with E-state index >= 15 is 0 Å². The summed E-state index contributed by atoms with van der Waals surface area (Å²) in [5.41, 5.74) is 0. The van der Waals surface area contributed by atoms with E-state index in [0.717, 1.165) is 0 Å². The van der Waals surface area contributed by atoms with Gasteiger partial charge in [-0.15, -0.1) is 0 Å². The fourth-order valence-corrected chi connectivity index (χ4v) is 1.28. The third-order valence-corrected chi connectivity index (χ3v) is 2.35. The molecule has 0 spiro atoms. The number of carboxylic acid groups (broad SMARTS) is 1. The first-order valence-corrected chi connectivity index (χ1v) is 5.70. The molecular weight excluding hydrogens is 238 g/mol. The van der Waals surface area contributed by atoms with Crippen LogP contribution in [0.15, 0.2) is 0 Å². The van der Waals surface area contributed by atoms with Gasteiger partial charge in [-0.05, 0) is 6.42 Å². The molecule has 0 radical (unpaired) electrons. The highest BCUT2D eigenvalue weighted by Crippen LogP contribution is 1.97. The van der Waals surface area contributed by atoms with Crippen molar-refractivity contribution in [3.05, 3.63) is 0 Å². The van der Waals surface area contributed by atoms with E-state index in [1.54, 1.807) is 6.92 Å². The van der Waals surface area contributed by atoms with Gasteiger partial charge in [0.15, 0.2) is 0 Å². The van der Waals surface area contributed by atoms with Crippen LogP contribution in [0.1, 0.15) is 19.8 Å². The molecule has 0 aliphatic rings. The van der Waals surface area contributed by atoms with Gasteiger partial charge in [0.25, 0.3) is 0 Å². The predicted octanol–water partition coefficient (Wildman–Crippen LogP) is 0.421. The molecule has 2 amide bonds. The third-order valence-electron chi connectivity index (χ3n) is 2.35. The summed E-state index contributed by atoms with van der Waals surface area (Å²) in [4.78, 5) is 24.0. The van der Waals surface area contributed by atoms with Crippen LogP contribution in [-0.4, -0.2) is 54.9 Å². The molecule has 0 aromatic carbocycles. The maximum absolute atomic E-state index is 11.8. The van der Waals surface area contributed by atoms with Gasteiger partial charge in [-0.2, -0.15) is 5.26 Å². The van der Waals surface area contributed by atoms with Gasteiger partial charge in [0.05, 0.1) is 19.1 Å². The Labute approximate surface area is 106 Å². The van der Waals surface area contributed by atoms with E-state index in [4.69, 9.17) is 15.1 Å². The van der Waals surface area contributed by atoms with Crippen LogP contribution < -0.4 is 5.32 Å². The van der Waals surface area contributed by atoms with Crippen molar-refractivity contribution in [1.82, 2.24) is 10.2 Å². The number of rotatable bonds is 8. The summed E-state index contributed by atoms with van der Waals surface area (Å²) >= 11 is 0. The number of aliphatic carboxylic acids is 1. The van der Waals surface area contributed by atoms with Gasteiger partial charge in [0.1, 0.15) is 6.04 Å². The van der Waals surface area contributed by atoms with Crippen molar-refractivity contribution in [3.8, 4) is 6.07 Å². The second kappa shape index (κ2) is 9.24. The zero-order valence-electron chi connectivity index (χ0n) is 10.7. The fourth-order valence-electron chi connectivity index (χ4n) is 1.28. The highest BCUT2D eigenvalue weighted by atomic mass is 16.5. The summed E-state index contributed by atoms with van der Waals surface area (Å²) in [5.74, 6) is -1.07. The molecule has 0 aliphatic carbocycles. The second-order valence-corrected chi connectivity index (χ2v) is 3.64. The summed E-state index contributed by atoms with van der Waals surface area (Å²) < 4.78 is 4.86. The molecule has 0 fully saturated rings. The van der Waals surface area contributed by atoms with Gasteiger partial charge in [-0.3, -0.25) is 0 Å². The molecule has 7 heteroatoms. The summed E-state index contributed by atoms with van der Waals surface area (Å²) in [5, 5.41) is 19.8. The molecule has 0 aliphatic heterocycles. The van der Waals surface area contributed by atoms with E-state index in [1.165, 1.54) is 12.0 Å². The predicted molar refractivity (Wildman–Crippen MR) is 63.9 cm³/mol. The number of urea groups is 1. The van der Waals surface area contributed by atoms with Gasteiger partial charge in [-0.25, -0.2) is 9.59 Å². The third kappa shape index (κ3) is 6.06. The highest BCUT2D eigenvalue weighted by Gasteiger charge is 2.21. The number of hydrogen-bond donors (Lipinski definition) is 2. The van der Waals surface area contributed by atoms with E-state index < -0.39 is 18.0 Å². The first kappa shape index (κ1) is 16.2. The lowest BCUT2D eigenvalue weighted by atomic mass is 10.2.